The molecule has 0 saturated carbocycles. The maximum absolute atomic E-state index is 2.50. The number of hydrogen-bond donors (Lipinski definition) is 0. The number of rotatable bonds is 2. The summed E-state index contributed by atoms with van der Waals surface area (Å²) < 4.78 is 0. The predicted octanol–water partition coefficient (Wildman–Crippen LogP) is 13.0. The summed E-state index contributed by atoms with van der Waals surface area (Å²) in [6.45, 7) is 9.00. The summed E-state index contributed by atoms with van der Waals surface area (Å²) in [6.07, 6.45) is 0. The van der Waals surface area contributed by atoms with Gasteiger partial charge >= 0.3 is 0 Å². The Bertz CT molecular complexity index is 2280. The van der Waals surface area contributed by atoms with Crippen LogP contribution in [0.25, 0.3) is 77.2 Å². The van der Waals surface area contributed by atoms with E-state index >= 15 is 0 Å². The van der Waals surface area contributed by atoms with Crippen LogP contribution in [0.1, 0.15) is 49.9 Å². The molecule has 0 spiro atoms. The molecule has 9 rings (SSSR count). The second-order valence-corrected chi connectivity index (χ2v) is 13.2. The Labute approximate surface area is 271 Å². The second kappa shape index (κ2) is 10.0. The van der Waals surface area contributed by atoms with E-state index in [1.54, 1.807) is 0 Å². The summed E-state index contributed by atoms with van der Waals surface area (Å²) >= 11 is 0. The summed E-state index contributed by atoms with van der Waals surface area (Å²) in [5.74, 6) is 0. The third-order valence-electron chi connectivity index (χ3n) is 10.0. The van der Waals surface area contributed by atoms with Gasteiger partial charge in [-0.05, 0) is 151 Å². The monoisotopic (exact) mass is 586 g/mol. The van der Waals surface area contributed by atoms with E-state index in [9.17, 15) is 0 Å². The van der Waals surface area contributed by atoms with Crippen molar-refractivity contribution in [2.24, 2.45) is 0 Å². The Balaban J connectivity index is 1.53. The van der Waals surface area contributed by atoms with Crippen LogP contribution in [0.5, 0.6) is 0 Å². The van der Waals surface area contributed by atoms with E-state index in [0.717, 1.165) is 0 Å². The Morgan fingerprint density at radius 1 is 0.304 bits per heavy atom. The largest absolute Gasteiger partial charge is 0.0679 e. The van der Waals surface area contributed by atoms with Crippen molar-refractivity contribution in [2.75, 3.05) is 0 Å². The third kappa shape index (κ3) is 3.74. The van der Waals surface area contributed by atoms with Crippen molar-refractivity contribution >= 4 is 32.7 Å². The fourth-order valence-electron chi connectivity index (χ4n) is 8.25. The highest BCUT2D eigenvalue weighted by atomic mass is 14.3. The van der Waals surface area contributed by atoms with Crippen molar-refractivity contribution in [3.63, 3.8) is 0 Å². The first-order chi connectivity index (χ1) is 22.5. The van der Waals surface area contributed by atoms with Crippen molar-refractivity contribution in [3.8, 4) is 44.5 Å². The molecule has 0 amide bonds. The maximum Gasteiger partial charge on any atom is -0.00259 e. The minimum absolute atomic E-state index is 1.25. The van der Waals surface area contributed by atoms with Crippen molar-refractivity contribution < 1.29 is 0 Å². The topological polar surface area (TPSA) is 0 Å². The van der Waals surface area contributed by atoms with E-state index in [1.165, 1.54) is 111 Å². The van der Waals surface area contributed by atoms with Crippen LogP contribution in [-0.4, -0.2) is 0 Å². The molecule has 0 heteroatoms. The summed E-state index contributed by atoms with van der Waals surface area (Å²) in [5.41, 5.74) is 21.2. The standard InChI is InChI=1S/C46H34/c1-27(2)43-33-21-13-11-19-31(33)35-23-39-41(25-37(35)43)45(29-15-7-5-8-16-29)40-24-36-32-20-12-14-22-34(32)44(28(3)4)38(36)26-42(40)46(39)30-17-9-6-10-18-30/h5-26H,1-4H3. The average molecular weight is 587 g/mol. The summed E-state index contributed by atoms with van der Waals surface area (Å²) in [7, 11) is 0. The Hall–Kier alpha value is -5.46. The summed E-state index contributed by atoms with van der Waals surface area (Å²) in [5, 5.41) is 5.21. The van der Waals surface area contributed by atoms with Crippen LogP contribution in [0.3, 0.4) is 0 Å². The minimum Gasteiger partial charge on any atom is -0.0679 e. The van der Waals surface area contributed by atoms with E-state index in [0.29, 0.717) is 0 Å². The highest BCUT2D eigenvalue weighted by Crippen LogP contribution is 2.54. The van der Waals surface area contributed by atoms with Gasteiger partial charge in [0.15, 0.2) is 0 Å². The first-order valence-electron chi connectivity index (χ1n) is 16.3. The van der Waals surface area contributed by atoms with Gasteiger partial charge in [-0.1, -0.05) is 120 Å². The van der Waals surface area contributed by atoms with Gasteiger partial charge in [0.05, 0.1) is 0 Å². The lowest BCUT2D eigenvalue weighted by molar-refractivity contribution is 1.39. The van der Waals surface area contributed by atoms with Crippen LogP contribution in [0.2, 0.25) is 0 Å². The van der Waals surface area contributed by atoms with Crippen LogP contribution in [0.15, 0.2) is 145 Å². The second-order valence-electron chi connectivity index (χ2n) is 13.2. The molecular weight excluding hydrogens is 553 g/mol. The molecule has 7 aromatic carbocycles. The van der Waals surface area contributed by atoms with Gasteiger partial charge in [-0.25, -0.2) is 0 Å². The van der Waals surface area contributed by atoms with Crippen LogP contribution >= 0.6 is 0 Å². The molecule has 0 aliphatic heterocycles. The highest BCUT2D eigenvalue weighted by Gasteiger charge is 2.30. The lowest BCUT2D eigenvalue weighted by atomic mass is 9.82. The lowest BCUT2D eigenvalue weighted by Crippen LogP contribution is -1.95. The molecule has 0 atom stereocenters. The zero-order chi connectivity index (χ0) is 31.1. The fourth-order valence-corrected chi connectivity index (χ4v) is 8.25. The SMILES string of the molecule is CC(C)=C1c2ccccc2-c2cc3c(-c4ccccc4)c4cc5c(cc4c(-c4ccccc4)c3cc21)-c1ccccc1C5=C(C)C. The molecule has 0 nitrogen and oxygen atoms in total. The molecule has 0 saturated heterocycles. The van der Waals surface area contributed by atoms with Crippen molar-refractivity contribution in [1.82, 2.24) is 0 Å². The lowest BCUT2D eigenvalue weighted by Gasteiger charge is -2.21. The molecule has 2 aliphatic carbocycles. The van der Waals surface area contributed by atoms with E-state index in [-0.39, 0.29) is 0 Å². The Morgan fingerprint density at radius 2 is 0.609 bits per heavy atom. The molecule has 0 bridgehead atoms. The van der Waals surface area contributed by atoms with Crippen molar-refractivity contribution in [1.29, 1.82) is 0 Å². The van der Waals surface area contributed by atoms with Crippen LogP contribution in [-0.2, 0) is 0 Å². The predicted molar refractivity (Wildman–Crippen MR) is 198 cm³/mol. The normalized spacial score (nSPS) is 12.7. The number of fused-ring (bicyclic) bond motifs is 8. The van der Waals surface area contributed by atoms with E-state index in [4.69, 9.17) is 0 Å². The van der Waals surface area contributed by atoms with Gasteiger partial charge in [-0.2, -0.15) is 0 Å². The molecule has 2 aliphatic rings. The van der Waals surface area contributed by atoms with Gasteiger partial charge in [-0.3, -0.25) is 0 Å². The van der Waals surface area contributed by atoms with Crippen LogP contribution in [0, 0.1) is 0 Å². The van der Waals surface area contributed by atoms with Crippen LogP contribution < -0.4 is 0 Å². The quantitative estimate of drug-likeness (QED) is 0.177. The van der Waals surface area contributed by atoms with Gasteiger partial charge in [0.2, 0.25) is 0 Å². The summed E-state index contributed by atoms with van der Waals surface area (Å²) in [4.78, 5) is 0. The molecule has 0 heterocycles. The van der Waals surface area contributed by atoms with Gasteiger partial charge in [0.25, 0.3) is 0 Å². The molecule has 0 fully saturated rings. The first-order valence-corrected chi connectivity index (χ1v) is 16.3. The Morgan fingerprint density at radius 3 is 0.957 bits per heavy atom. The summed E-state index contributed by atoms with van der Waals surface area (Å²) in [6, 6.07) is 49.9. The molecule has 7 aromatic rings. The minimum atomic E-state index is 1.25. The van der Waals surface area contributed by atoms with Crippen molar-refractivity contribution in [3.05, 3.63) is 167 Å². The zero-order valence-corrected chi connectivity index (χ0v) is 26.7. The third-order valence-corrected chi connectivity index (χ3v) is 10.0. The van der Waals surface area contributed by atoms with Gasteiger partial charge < -0.3 is 0 Å². The van der Waals surface area contributed by atoms with Gasteiger partial charge in [0, 0.05) is 0 Å². The van der Waals surface area contributed by atoms with Gasteiger partial charge in [-0.15, -0.1) is 0 Å². The highest BCUT2D eigenvalue weighted by molar-refractivity contribution is 6.25. The molecule has 218 valence electrons. The first kappa shape index (κ1) is 26.9. The number of hydrogen-bond acceptors (Lipinski definition) is 0. The average Bonchev–Trinajstić information content (AvgIpc) is 3.58. The molecule has 0 radical (unpaired) electrons. The zero-order valence-electron chi connectivity index (χ0n) is 26.7. The fraction of sp³-hybridized carbons (Fsp3) is 0.0870. The van der Waals surface area contributed by atoms with E-state index in [1.807, 2.05) is 0 Å². The Kier molecular flexibility index (Phi) is 5.86. The molecule has 46 heavy (non-hydrogen) atoms. The number of benzene rings is 7. The molecule has 0 unspecified atom stereocenters. The molecular formula is C46H34. The van der Waals surface area contributed by atoms with Gasteiger partial charge in [0.1, 0.15) is 0 Å². The van der Waals surface area contributed by atoms with E-state index in [2.05, 4.69) is 161 Å². The molecule has 0 N–H and O–H groups in total. The molecule has 0 aromatic heterocycles. The number of allylic oxidation sites excluding steroid dienone is 2. The van der Waals surface area contributed by atoms with Crippen molar-refractivity contribution in [2.45, 2.75) is 27.7 Å². The maximum atomic E-state index is 2.50. The van der Waals surface area contributed by atoms with E-state index < -0.39 is 0 Å². The van der Waals surface area contributed by atoms with Crippen LogP contribution in [0.4, 0.5) is 0 Å². The smallest absolute Gasteiger partial charge is 0.00259 e.